The number of nitrogens with one attached hydrogen (secondary N) is 1. The lowest BCUT2D eigenvalue weighted by Crippen LogP contribution is -2.35. The maximum Gasteiger partial charge on any atom is 0.269 e. The van der Waals surface area contributed by atoms with Gasteiger partial charge in [0.15, 0.2) is 0 Å². The molecule has 0 aliphatic heterocycles. The monoisotopic (exact) mass is 266 g/mol. The van der Waals surface area contributed by atoms with Crippen molar-refractivity contribution in [3.05, 3.63) is 39.9 Å². The van der Waals surface area contributed by atoms with E-state index in [4.69, 9.17) is 0 Å². The molecule has 0 heterocycles. The third-order valence-electron chi connectivity index (χ3n) is 3.21. The second-order valence-electron chi connectivity index (χ2n) is 4.65. The fraction of sp³-hybridized carbons (Fsp3) is 0.571. The Bertz CT molecular complexity index is 405. The highest BCUT2D eigenvalue weighted by Gasteiger charge is 2.17. The zero-order valence-electron chi connectivity index (χ0n) is 11.5. The average Bonchev–Trinajstić information content (AvgIpc) is 2.43. The Hall–Kier alpha value is -1.46. The van der Waals surface area contributed by atoms with Crippen LogP contribution >= 0.6 is 0 Å². The smallest absolute Gasteiger partial charge is 0.269 e. The molecule has 0 aliphatic carbocycles. The largest absolute Gasteiger partial charge is 0.395 e. The van der Waals surface area contributed by atoms with Gasteiger partial charge in [0.05, 0.1) is 11.5 Å². The number of benzene rings is 1. The molecule has 0 fully saturated rings. The first-order valence-corrected chi connectivity index (χ1v) is 6.73. The van der Waals surface area contributed by atoms with Crippen LogP contribution in [0.1, 0.15) is 44.7 Å². The molecule has 2 N–H and O–H groups in total. The van der Waals surface area contributed by atoms with Gasteiger partial charge in [0.1, 0.15) is 0 Å². The first-order valence-electron chi connectivity index (χ1n) is 6.73. The first kappa shape index (κ1) is 15.6. The van der Waals surface area contributed by atoms with Crippen molar-refractivity contribution in [2.45, 2.75) is 45.2 Å². The Labute approximate surface area is 113 Å². The summed E-state index contributed by atoms with van der Waals surface area (Å²) in [6.45, 7) is 4.15. The zero-order chi connectivity index (χ0) is 14.3. The van der Waals surface area contributed by atoms with Crippen LogP contribution in [0, 0.1) is 10.1 Å². The van der Waals surface area contributed by atoms with Crippen LogP contribution in [-0.4, -0.2) is 22.7 Å². The van der Waals surface area contributed by atoms with Gasteiger partial charge in [0.25, 0.3) is 5.69 Å². The molecule has 2 atom stereocenters. The molecule has 0 spiro atoms. The van der Waals surface area contributed by atoms with Crippen molar-refractivity contribution in [1.29, 1.82) is 0 Å². The summed E-state index contributed by atoms with van der Waals surface area (Å²) in [5, 5.41) is 23.4. The molecule has 0 bridgehead atoms. The summed E-state index contributed by atoms with van der Waals surface area (Å²) in [5.74, 6) is 0. The topological polar surface area (TPSA) is 75.4 Å². The fourth-order valence-corrected chi connectivity index (χ4v) is 2.07. The number of aliphatic hydroxyl groups is 1. The summed E-state index contributed by atoms with van der Waals surface area (Å²) < 4.78 is 0. The molecule has 2 unspecified atom stereocenters. The first-order chi connectivity index (χ1) is 9.12. The SMILES string of the molecule is CCCC(NC(CC)CO)c1cccc([N+](=O)[O-])c1. The van der Waals surface area contributed by atoms with Crippen molar-refractivity contribution in [3.8, 4) is 0 Å². The lowest BCUT2D eigenvalue weighted by molar-refractivity contribution is -0.384. The number of non-ortho nitro benzene ring substituents is 1. The molecular weight excluding hydrogens is 244 g/mol. The summed E-state index contributed by atoms with van der Waals surface area (Å²) in [7, 11) is 0. The number of hydrogen-bond donors (Lipinski definition) is 2. The van der Waals surface area contributed by atoms with E-state index in [0.717, 1.165) is 24.8 Å². The molecule has 0 saturated carbocycles. The van der Waals surface area contributed by atoms with E-state index in [-0.39, 0.29) is 29.3 Å². The van der Waals surface area contributed by atoms with Gasteiger partial charge in [-0.3, -0.25) is 10.1 Å². The second kappa shape index (κ2) is 7.86. The predicted octanol–water partition coefficient (Wildman–Crippen LogP) is 2.80. The van der Waals surface area contributed by atoms with Crippen LogP contribution in [0.4, 0.5) is 5.69 Å². The van der Waals surface area contributed by atoms with Crippen LogP contribution in [0.25, 0.3) is 0 Å². The summed E-state index contributed by atoms with van der Waals surface area (Å²) in [5.41, 5.74) is 1.01. The minimum atomic E-state index is -0.379. The van der Waals surface area contributed by atoms with Crippen LogP contribution in [0.2, 0.25) is 0 Å². The fourth-order valence-electron chi connectivity index (χ4n) is 2.07. The van der Waals surface area contributed by atoms with Crippen LogP contribution in [0.3, 0.4) is 0 Å². The second-order valence-corrected chi connectivity index (χ2v) is 4.65. The van der Waals surface area contributed by atoms with E-state index >= 15 is 0 Å². The molecule has 1 rings (SSSR count). The molecule has 1 aromatic rings. The van der Waals surface area contributed by atoms with Gasteiger partial charge < -0.3 is 10.4 Å². The van der Waals surface area contributed by atoms with E-state index in [9.17, 15) is 15.2 Å². The molecule has 0 aliphatic rings. The molecule has 0 saturated heterocycles. The summed E-state index contributed by atoms with van der Waals surface area (Å²) in [6.07, 6.45) is 2.69. The van der Waals surface area contributed by atoms with E-state index < -0.39 is 0 Å². The van der Waals surface area contributed by atoms with Crippen molar-refractivity contribution in [1.82, 2.24) is 5.32 Å². The predicted molar refractivity (Wildman–Crippen MR) is 75.0 cm³/mol. The van der Waals surface area contributed by atoms with Crippen LogP contribution in [0.15, 0.2) is 24.3 Å². The number of hydrogen-bond acceptors (Lipinski definition) is 4. The number of nitro groups is 1. The van der Waals surface area contributed by atoms with Gasteiger partial charge in [-0.15, -0.1) is 0 Å². The van der Waals surface area contributed by atoms with Gasteiger partial charge in [-0.05, 0) is 18.4 Å². The van der Waals surface area contributed by atoms with Gasteiger partial charge in [-0.25, -0.2) is 0 Å². The number of nitro benzene ring substituents is 1. The zero-order valence-corrected chi connectivity index (χ0v) is 11.5. The minimum Gasteiger partial charge on any atom is -0.395 e. The number of aliphatic hydroxyl groups excluding tert-OH is 1. The van der Waals surface area contributed by atoms with E-state index in [1.807, 2.05) is 13.0 Å². The molecule has 0 amide bonds. The Balaban J connectivity index is 2.91. The standard InChI is InChI=1S/C14H22N2O3/c1-3-6-14(15-12(4-2)10-17)11-7-5-8-13(9-11)16(18)19/h5,7-9,12,14-15,17H,3-4,6,10H2,1-2H3. The lowest BCUT2D eigenvalue weighted by atomic mass is 10.0. The van der Waals surface area contributed by atoms with Crippen LogP contribution < -0.4 is 5.32 Å². The summed E-state index contributed by atoms with van der Waals surface area (Å²) >= 11 is 0. The molecule has 106 valence electrons. The normalized spacial score (nSPS) is 14.1. The lowest BCUT2D eigenvalue weighted by Gasteiger charge is -2.24. The van der Waals surface area contributed by atoms with E-state index in [1.165, 1.54) is 6.07 Å². The van der Waals surface area contributed by atoms with Crippen molar-refractivity contribution in [2.75, 3.05) is 6.61 Å². The molecule has 0 aromatic heterocycles. The summed E-state index contributed by atoms with van der Waals surface area (Å²) in [6, 6.07) is 6.77. The Morgan fingerprint density at radius 1 is 1.42 bits per heavy atom. The van der Waals surface area contributed by atoms with Crippen molar-refractivity contribution >= 4 is 5.69 Å². The molecule has 19 heavy (non-hydrogen) atoms. The quantitative estimate of drug-likeness (QED) is 0.560. The van der Waals surface area contributed by atoms with Crippen LogP contribution in [0.5, 0.6) is 0 Å². The third-order valence-corrected chi connectivity index (χ3v) is 3.21. The molecule has 0 radical (unpaired) electrons. The highest BCUT2D eigenvalue weighted by atomic mass is 16.6. The van der Waals surface area contributed by atoms with Gasteiger partial charge in [-0.1, -0.05) is 32.4 Å². The maximum atomic E-state index is 10.8. The van der Waals surface area contributed by atoms with Gasteiger partial charge in [0, 0.05) is 24.2 Å². The molecular formula is C14H22N2O3. The Morgan fingerprint density at radius 2 is 2.16 bits per heavy atom. The van der Waals surface area contributed by atoms with Crippen molar-refractivity contribution in [2.24, 2.45) is 0 Å². The van der Waals surface area contributed by atoms with Crippen molar-refractivity contribution in [3.63, 3.8) is 0 Å². The highest BCUT2D eigenvalue weighted by molar-refractivity contribution is 5.35. The van der Waals surface area contributed by atoms with Gasteiger partial charge >= 0.3 is 0 Å². The summed E-state index contributed by atoms with van der Waals surface area (Å²) in [4.78, 5) is 10.4. The molecule has 1 aromatic carbocycles. The van der Waals surface area contributed by atoms with Crippen LogP contribution in [-0.2, 0) is 0 Å². The minimum absolute atomic E-state index is 0.0239. The molecule has 5 heteroatoms. The van der Waals surface area contributed by atoms with Gasteiger partial charge in [0.2, 0.25) is 0 Å². The van der Waals surface area contributed by atoms with E-state index in [1.54, 1.807) is 12.1 Å². The Kier molecular flexibility index (Phi) is 6.45. The number of rotatable bonds is 8. The van der Waals surface area contributed by atoms with E-state index in [0.29, 0.717) is 0 Å². The maximum absolute atomic E-state index is 10.8. The number of nitrogens with zero attached hydrogens (tertiary/aromatic N) is 1. The van der Waals surface area contributed by atoms with Gasteiger partial charge in [-0.2, -0.15) is 0 Å². The Morgan fingerprint density at radius 3 is 2.68 bits per heavy atom. The highest BCUT2D eigenvalue weighted by Crippen LogP contribution is 2.23. The average molecular weight is 266 g/mol. The third kappa shape index (κ3) is 4.61. The molecule has 5 nitrogen and oxygen atoms in total. The van der Waals surface area contributed by atoms with Crippen molar-refractivity contribution < 1.29 is 10.0 Å². The van der Waals surface area contributed by atoms with E-state index in [2.05, 4.69) is 12.2 Å².